The van der Waals surface area contributed by atoms with Crippen LogP contribution in [0.2, 0.25) is 0 Å². The molecule has 0 aliphatic heterocycles. The molecule has 0 saturated heterocycles. The van der Waals surface area contributed by atoms with Crippen LogP contribution in [-0.4, -0.2) is 54.6 Å². The van der Waals surface area contributed by atoms with Crippen molar-refractivity contribution in [3.63, 3.8) is 0 Å². The van der Waals surface area contributed by atoms with Crippen LogP contribution in [0.1, 0.15) is 0 Å². The van der Waals surface area contributed by atoms with Gasteiger partial charge in [-0.3, -0.25) is 0 Å². The molecule has 0 N–H and O–H groups in total. The van der Waals surface area contributed by atoms with E-state index in [0.29, 0.717) is 24.1 Å². The molecule has 0 aliphatic carbocycles. The molecule has 0 unspecified atom stereocenters. The molecule has 128 valence electrons. The molecule has 0 aromatic carbocycles. The van der Waals surface area contributed by atoms with Crippen molar-refractivity contribution in [3.05, 3.63) is 75.9 Å². The van der Waals surface area contributed by atoms with E-state index in [1.54, 1.807) is 6.08 Å². The molecule has 0 aromatic rings. The van der Waals surface area contributed by atoms with Crippen LogP contribution in [0.5, 0.6) is 0 Å². The highest BCUT2D eigenvalue weighted by Crippen LogP contribution is 2.15. The number of aliphatic imine (C=N–C) groups is 1. The number of hydrogen-bond donors (Lipinski definition) is 0. The lowest BCUT2D eigenvalue weighted by molar-refractivity contribution is -0.828. The van der Waals surface area contributed by atoms with Gasteiger partial charge in [-0.15, -0.1) is 19.7 Å². The standard InChI is InChI=1S/C19H30N3.ClH/c1-7-13-20-19(21(14-8-2)15-9-3)22(16-10-4,17-11-5)18-12-6;/h7-12H,1-6,13-18H2;1H/q+1;/p-1/b20-19+;. The fourth-order valence-corrected chi connectivity index (χ4v) is 2.46. The average molecular weight is 336 g/mol. The third-order valence-corrected chi connectivity index (χ3v) is 3.20. The first-order valence-corrected chi connectivity index (χ1v) is 7.47. The molecule has 3 nitrogen and oxygen atoms in total. The lowest BCUT2D eigenvalue weighted by Crippen LogP contribution is -3.00. The van der Waals surface area contributed by atoms with Crippen LogP contribution in [0.25, 0.3) is 0 Å². The van der Waals surface area contributed by atoms with E-state index in [9.17, 15) is 0 Å². The zero-order valence-corrected chi connectivity index (χ0v) is 14.9. The van der Waals surface area contributed by atoms with E-state index in [1.165, 1.54) is 0 Å². The van der Waals surface area contributed by atoms with Crippen molar-refractivity contribution in [2.45, 2.75) is 0 Å². The molecule has 4 heteroatoms. The molecule has 0 radical (unpaired) electrons. The number of rotatable bonds is 12. The van der Waals surface area contributed by atoms with Crippen LogP contribution in [0.4, 0.5) is 0 Å². The summed E-state index contributed by atoms with van der Waals surface area (Å²) in [6.45, 7) is 27.4. The van der Waals surface area contributed by atoms with Gasteiger partial charge in [0.15, 0.2) is 0 Å². The predicted octanol–water partition coefficient (Wildman–Crippen LogP) is 0.581. The molecule has 0 amide bonds. The maximum absolute atomic E-state index is 4.77. The van der Waals surface area contributed by atoms with Gasteiger partial charge in [-0.1, -0.05) is 38.0 Å². The van der Waals surface area contributed by atoms with Crippen molar-refractivity contribution >= 4 is 5.96 Å². The Kier molecular flexibility index (Phi) is 14.1. The summed E-state index contributed by atoms with van der Waals surface area (Å²) in [4.78, 5) is 6.93. The Morgan fingerprint density at radius 1 is 0.739 bits per heavy atom. The first-order valence-electron chi connectivity index (χ1n) is 7.47. The van der Waals surface area contributed by atoms with E-state index in [0.717, 1.165) is 25.6 Å². The van der Waals surface area contributed by atoms with E-state index in [1.807, 2.05) is 30.4 Å². The number of halogens is 1. The lowest BCUT2D eigenvalue weighted by atomic mass is 10.3. The normalized spacial score (nSPS) is 10.9. The fourth-order valence-electron chi connectivity index (χ4n) is 2.46. The summed E-state index contributed by atoms with van der Waals surface area (Å²) in [5.41, 5.74) is 0. The minimum absolute atomic E-state index is 0. The Morgan fingerprint density at radius 2 is 1.17 bits per heavy atom. The van der Waals surface area contributed by atoms with Crippen LogP contribution < -0.4 is 12.4 Å². The Bertz CT molecular complexity index is 401. The summed E-state index contributed by atoms with van der Waals surface area (Å²) in [6, 6.07) is 0. The molecule has 0 saturated carbocycles. The zero-order valence-electron chi connectivity index (χ0n) is 14.2. The van der Waals surface area contributed by atoms with Crippen LogP contribution in [0, 0.1) is 0 Å². The summed E-state index contributed by atoms with van der Waals surface area (Å²) >= 11 is 0. The molecule has 0 spiro atoms. The topological polar surface area (TPSA) is 15.6 Å². The highest BCUT2D eigenvalue weighted by atomic mass is 35.5. The van der Waals surface area contributed by atoms with E-state index in [2.05, 4.69) is 44.4 Å². The highest BCUT2D eigenvalue weighted by Gasteiger charge is 2.34. The zero-order chi connectivity index (χ0) is 16.8. The SMILES string of the molecule is C=CC/N=C(\N(CC=C)CC=C)[N+](CC=C)(CC=C)CC=C.[Cl-]. The van der Waals surface area contributed by atoms with Gasteiger partial charge in [0.05, 0.1) is 6.54 Å². The first kappa shape index (κ1) is 23.4. The van der Waals surface area contributed by atoms with Crippen molar-refractivity contribution in [1.29, 1.82) is 0 Å². The molecular weight excluding hydrogens is 306 g/mol. The summed E-state index contributed by atoms with van der Waals surface area (Å²) < 4.78 is 0.603. The molecule has 0 fully saturated rings. The first-order chi connectivity index (χ1) is 10.7. The molecule has 0 bridgehead atoms. The Balaban J connectivity index is 0. The van der Waals surface area contributed by atoms with Crippen molar-refractivity contribution in [2.24, 2.45) is 4.99 Å². The summed E-state index contributed by atoms with van der Waals surface area (Å²) in [5.74, 6) is 0.958. The van der Waals surface area contributed by atoms with Gasteiger partial charge in [-0.25, -0.2) is 9.48 Å². The maximum Gasteiger partial charge on any atom is 0.301 e. The van der Waals surface area contributed by atoms with Crippen LogP contribution in [0.15, 0.2) is 80.9 Å². The van der Waals surface area contributed by atoms with Gasteiger partial charge in [0.2, 0.25) is 0 Å². The average Bonchev–Trinajstić information content (AvgIpc) is 2.49. The van der Waals surface area contributed by atoms with Gasteiger partial charge in [-0.2, -0.15) is 0 Å². The second kappa shape index (κ2) is 13.8. The van der Waals surface area contributed by atoms with Crippen LogP contribution in [0.3, 0.4) is 0 Å². The molecular formula is C19H30ClN3. The number of guanidine groups is 1. The molecule has 0 aromatic heterocycles. The second-order valence-electron chi connectivity index (χ2n) is 4.97. The van der Waals surface area contributed by atoms with E-state index >= 15 is 0 Å². The molecule has 0 aliphatic rings. The van der Waals surface area contributed by atoms with E-state index < -0.39 is 0 Å². The van der Waals surface area contributed by atoms with Gasteiger partial charge >= 0.3 is 5.96 Å². The monoisotopic (exact) mass is 335 g/mol. The summed E-state index contributed by atoms with van der Waals surface area (Å²) in [6.07, 6.45) is 11.3. The summed E-state index contributed by atoms with van der Waals surface area (Å²) in [5, 5.41) is 0. The van der Waals surface area contributed by atoms with Crippen molar-refractivity contribution in [1.82, 2.24) is 4.90 Å². The third-order valence-electron chi connectivity index (χ3n) is 3.20. The predicted molar refractivity (Wildman–Crippen MR) is 99.9 cm³/mol. The molecule has 23 heavy (non-hydrogen) atoms. The molecule has 0 rings (SSSR count). The lowest BCUT2D eigenvalue weighted by Gasteiger charge is -2.40. The number of nitrogens with zero attached hydrogens (tertiary/aromatic N) is 3. The van der Waals surface area contributed by atoms with Crippen LogP contribution >= 0.6 is 0 Å². The second-order valence-corrected chi connectivity index (χ2v) is 4.97. The van der Waals surface area contributed by atoms with Gasteiger partial charge in [0, 0.05) is 13.1 Å². The van der Waals surface area contributed by atoms with Gasteiger partial charge in [-0.05, 0) is 18.2 Å². The number of quaternary nitrogens is 1. The van der Waals surface area contributed by atoms with Gasteiger partial charge < -0.3 is 17.3 Å². The van der Waals surface area contributed by atoms with Crippen molar-refractivity contribution < 1.29 is 16.9 Å². The highest BCUT2D eigenvalue weighted by molar-refractivity contribution is 5.74. The Hall–Kier alpha value is -1.84. The fraction of sp³-hybridized carbons (Fsp3) is 0.316. The van der Waals surface area contributed by atoms with Crippen molar-refractivity contribution in [3.8, 4) is 0 Å². The minimum atomic E-state index is 0. The quantitative estimate of drug-likeness (QED) is 0.220. The van der Waals surface area contributed by atoms with Gasteiger partial charge in [0.25, 0.3) is 0 Å². The molecule has 0 atom stereocenters. The van der Waals surface area contributed by atoms with E-state index in [-0.39, 0.29) is 12.4 Å². The smallest absolute Gasteiger partial charge is 0.301 e. The summed E-state index contributed by atoms with van der Waals surface area (Å²) in [7, 11) is 0. The van der Waals surface area contributed by atoms with Gasteiger partial charge in [0.1, 0.15) is 19.6 Å². The van der Waals surface area contributed by atoms with E-state index in [4.69, 9.17) is 4.99 Å². The molecule has 0 heterocycles. The Morgan fingerprint density at radius 3 is 1.48 bits per heavy atom. The van der Waals surface area contributed by atoms with Crippen LogP contribution in [-0.2, 0) is 0 Å². The number of hydrogen-bond acceptors (Lipinski definition) is 1. The third kappa shape index (κ3) is 7.31. The van der Waals surface area contributed by atoms with Crippen molar-refractivity contribution in [2.75, 3.05) is 39.3 Å². The Labute approximate surface area is 148 Å². The maximum atomic E-state index is 4.77. The largest absolute Gasteiger partial charge is 1.00 e. The minimum Gasteiger partial charge on any atom is -1.00 e.